The van der Waals surface area contributed by atoms with Crippen molar-refractivity contribution in [1.29, 1.82) is 0 Å². The van der Waals surface area contributed by atoms with E-state index in [0.717, 1.165) is 5.46 Å². The molecule has 10 rings (SSSR count). The third kappa shape index (κ3) is 8.75. The third-order valence-corrected chi connectivity index (χ3v) is 13.9. The fraction of sp³-hybridized carbons (Fsp3) is 0.273. The van der Waals surface area contributed by atoms with E-state index in [1.165, 1.54) is 69.8 Å². The molecule has 2 aliphatic rings. The molecule has 320 valence electrons. The number of halogens is 1. The fourth-order valence-corrected chi connectivity index (χ4v) is 9.04. The minimum atomic E-state index is -0.523. The maximum absolute atomic E-state index is 6.49. The Morgan fingerprint density at radius 2 is 0.683 bits per heavy atom. The average molecular weight is 900 g/mol. The highest BCUT2D eigenvalue weighted by Gasteiger charge is 2.54. The number of rotatable bonds is 5. The molecule has 0 amide bonds. The quantitative estimate of drug-likeness (QED) is 0.127. The maximum atomic E-state index is 6.49. The van der Waals surface area contributed by atoms with Crippen molar-refractivity contribution in [3.05, 3.63) is 162 Å². The van der Waals surface area contributed by atoms with E-state index in [1.54, 1.807) is 0 Å². The molecule has 0 unspecified atom stereocenters. The van der Waals surface area contributed by atoms with Crippen molar-refractivity contribution in [3.63, 3.8) is 0 Å². The summed E-state index contributed by atoms with van der Waals surface area (Å²) in [6.45, 7) is 20.4. The van der Waals surface area contributed by atoms with E-state index < -0.39 is 14.4 Å². The molecule has 0 aromatic heterocycles. The summed E-state index contributed by atoms with van der Waals surface area (Å²) < 4.78 is 30.9. The number of fused-ring (bicyclic) bond motifs is 4. The first kappa shape index (κ1) is 44.8. The van der Waals surface area contributed by atoms with Gasteiger partial charge in [0.25, 0.3) is 0 Å². The second kappa shape index (κ2) is 17.6. The Morgan fingerprint density at radius 3 is 1.03 bits per heavy atom. The number of benzene rings is 8. The first-order valence-electron chi connectivity index (χ1n) is 22.0. The molecule has 2 aliphatic heterocycles. The highest BCUT2D eigenvalue weighted by Crippen LogP contribution is 2.43. The van der Waals surface area contributed by atoms with Gasteiger partial charge in [-0.05, 0) is 156 Å². The lowest BCUT2D eigenvalue weighted by Gasteiger charge is -2.32. The molecule has 2 fully saturated rings. The fourth-order valence-electron chi connectivity index (χ4n) is 8.35. The van der Waals surface area contributed by atoms with Gasteiger partial charge in [-0.15, -0.1) is 0 Å². The van der Waals surface area contributed by atoms with Gasteiger partial charge in [0.05, 0.1) is 22.4 Å². The number of hydrogen-bond donors (Lipinski definition) is 0. The molecule has 0 atom stereocenters. The molecule has 2 heterocycles. The van der Waals surface area contributed by atoms with E-state index in [9.17, 15) is 0 Å². The zero-order valence-corrected chi connectivity index (χ0v) is 39.7. The van der Waals surface area contributed by atoms with Gasteiger partial charge in [-0.1, -0.05) is 158 Å². The predicted molar refractivity (Wildman–Crippen MR) is 269 cm³/mol. The van der Waals surface area contributed by atoms with Crippen molar-refractivity contribution in [2.24, 2.45) is 0 Å². The Bertz CT molecular complexity index is 2750. The monoisotopic (exact) mass is 898 g/mol. The average Bonchev–Trinajstić information content (AvgIpc) is 3.61. The van der Waals surface area contributed by atoms with E-state index in [1.807, 2.05) is 41.5 Å². The highest BCUT2D eigenvalue weighted by molar-refractivity contribution is 9.10. The minimum absolute atomic E-state index is 0.120. The second-order valence-corrected chi connectivity index (χ2v) is 19.5. The van der Waals surface area contributed by atoms with Crippen LogP contribution in [0.2, 0.25) is 0 Å². The van der Waals surface area contributed by atoms with Crippen LogP contribution in [0.4, 0.5) is 0 Å². The summed E-state index contributed by atoms with van der Waals surface area (Å²) >= 11 is 3.79. The molecule has 0 N–H and O–H groups in total. The molecular formula is C55H57B2BrO5. The van der Waals surface area contributed by atoms with E-state index in [4.69, 9.17) is 23.3 Å². The summed E-state index contributed by atoms with van der Waals surface area (Å²) in [7, 11) is -0.926. The molecule has 2 saturated heterocycles. The van der Waals surface area contributed by atoms with E-state index in [-0.39, 0.29) is 28.5 Å². The van der Waals surface area contributed by atoms with Crippen LogP contribution in [0, 0.1) is 0 Å². The van der Waals surface area contributed by atoms with Gasteiger partial charge in [0, 0.05) is 10.6 Å². The van der Waals surface area contributed by atoms with Gasteiger partial charge in [-0.3, -0.25) is 0 Å². The van der Waals surface area contributed by atoms with Crippen LogP contribution in [0.1, 0.15) is 69.2 Å². The molecule has 8 aromatic rings. The van der Waals surface area contributed by atoms with Crippen LogP contribution in [-0.4, -0.2) is 42.9 Å². The standard InChI is InChI=1S/C26H25BO2.C20H13Br.C9H19BO3/c1-25(2)26(3,4)29-27(28-25)24-21-16-10-8-14-19(21)23(18-12-6-5-7-13-18)20-15-9-11-17-22(20)24;21-20-17-12-6-4-10-15(17)19(14-8-2-1-3-9-14)16-11-5-7-13-18(16)20;1-7(2)11-10-12-8(3,4)9(5,6)13-10/h5-17H,1-4H3;1-13H;7H,1-6H3. The largest absolute Gasteiger partial charge is 0.640 e. The Balaban J connectivity index is 0.000000140. The SMILES string of the molecule is Brc1c2ccccc2c(-c2ccccc2)c2ccccc12.CC(C)OB1OC(C)(C)C(C)(C)O1.CC1(C)OB(c2c3ccccc3c(-c3ccccc3)c3ccccc23)OC1(C)C. The molecule has 0 aliphatic carbocycles. The first-order chi connectivity index (χ1) is 30.0. The zero-order valence-electron chi connectivity index (χ0n) is 38.2. The predicted octanol–water partition coefficient (Wildman–Crippen LogP) is 14.4. The Labute approximate surface area is 382 Å². The van der Waals surface area contributed by atoms with Crippen LogP contribution in [0.3, 0.4) is 0 Å². The Hall–Kier alpha value is -4.79. The van der Waals surface area contributed by atoms with Gasteiger partial charge >= 0.3 is 14.4 Å². The topological polar surface area (TPSA) is 46.2 Å². The van der Waals surface area contributed by atoms with Crippen molar-refractivity contribution < 1.29 is 23.3 Å². The van der Waals surface area contributed by atoms with Crippen LogP contribution in [0.25, 0.3) is 65.3 Å². The second-order valence-electron chi connectivity index (χ2n) is 18.7. The molecule has 8 heteroatoms. The van der Waals surface area contributed by atoms with Crippen molar-refractivity contribution in [2.75, 3.05) is 0 Å². The highest BCUT2D eigenvalue weighted by atomic mass is 79.9. The van der Waals surface area contributed by atoms with Gasteiger partial charge < -0.3 is 23.3 Å². The Kier molecular flexibility index (Phi) is 12.5. The summed E-state index contributed by atoms with van der Waals surface area (Å²) in [5, 5.41) is 9.91. The summed E-state index contributed by atoms with van der Waals surface area (Å²) in [5.41, 5.74) is 4.82. The third-order valence-electron chi connectivity index (χ3n) is 13.1. The van der Waals surface area contributed by atoms with Crippen molar-refractivity contribution in [1.82, 2.24) is 0 Å². The molecule has 0 radical (unpaired) electrons. The summed E-state index contributed by atoms with van der Waals surface area (Å²) in [6, 6.07) is 55.6. The van der Waals surface area contributed by atoms with Crippen LogP contribution >= 0.6 is 15.9 Å². The van der Waals surface area contributed by atoms with E-state index >= 15 is 0 Å². The summed E-state index contributed by atoms with van der Waals surface area (Å²) in [5.74, 6) is 0. The lowest BCUT2D eigenvalue weighted by molar-refractivity contribution is 0.00578. The van der Waals surface area contributed by atoms with Gasteiger partial charge in [-0.25, -0.2) is 0 Å². The smallest absolute Gasteiger partial charge is 0.399 e. The summed E-state index contributed by atoms with van der Waals surface area (Å²) in [4.78, 5) is 0. The van der Waals surface area contributed by atoms with Gasteiger partial charge in [0.15, 0.2) is 0 Å². The van der Waals surface area contributed by atoms with Crippen molar-refractivity contribution in [3.8, 4) is 22.3 Å². The first-order valence-corrected chi connectivity index (χ1v) is 22.8. The molecule has 0 spiro atoms. The molecule has 0 bridgehead atoms. The normalized spacial score (nSPS) is 17.2. The van der Waals surface area contributed by atoms with Crippen LogP contribution in [0.5, 0.6) is 0 Å². The van der Waals surface area contributed by atoms with Crippen LogP contribution in [0.15, 0.2) is 162 Å². The lowest BCUT2D eigenvalue weighted by Crippen LogP contribution is -2.41. The molecule has 0 saturated carbocycles. The maximum Gasteiger partial charge on any atom is 0.640 e. The van der Waals surface area contributed by atoms with Gasteiger partial charge in [0.2, 0.25) is 0 Å². The summed E-state index contributed by atoms with van der Waals surface area (Å²) in [6.07, 6.45) is 0.120. The van der Waals surface area contributed by atoms with Gasteiger partial charge in [-0.2, -0.15) is 0 Å². The molecular weight excluding hydrogens is 842 g/mol. The van der Waals surface area contributed by atoms with Crippen LogP contribution in [-0.2, 0) is 23.3 Å². The van der Waals surface area contributed by atoms with Crippen molar-refractivity contribution >= 4 is 78.9 Å². The van der Waals surface area contributed by atoms with E-state index in [0.29, 0.717) is 0 Å². The van der Waals surface area contributed by atoms with Crippen molar-refractivity contribution in [2.45, 2.75) is 97.7 Å². The molecule has 63 heavy (non-hydrogen) atoms. The van der Waals surface area contributed by atoms with E-state index in [2.05, 4.69) is 201 Å². The molecule has 5 nitrogen and oxygen atoms in total. The number of hydrogen-bond acceptors (Lipinski definition) is 5. The van der Waals surface area contributed by atoms with Gasteiger partial charge in [0.1, 0.15) is 0 Å². The minimum Gasteiger partial charge on any atom is -0.399 e. The Morgan fingerprint density at radius 1 is 0.397 bits per heavy atom. The molecule has 8 aromatic carbocycles. The zero-order chi connectivity index (χ0) is 44.7. The van der Waals surface area contributed by atoms with Crippen LogP contribution < -0.4 is 5.46 Å². The lowest BCUT2D eigenvalue weighted by atomic mass is 9.71.